The van der Waals surface area contributed by atoms with Gasteiger partial charge in [-0.05, 0) is 46.7 Å². The van der Waals surface area contributed by atoms with Gasteiger partial charge in [-0.2, -0.15) is 0 Å². The van der Waals surface area contributed by atoms with E-state index < -0.39 is 5.97 Å². The second kappa shape index (κ2) is 6.74. The van der Waals surface area contributed by atoms with Crippen LogP contribution in [-0.2, 0) is 0 Å². The number of hydrogen-bond acceptors (Lipinski definition) is 4. The van der Waals surface area contributed by atoms with E-state index in [0.29, 0.717) is 5.56 Å². The van der Waals surface area contributed by atoms with Crippen molar-refractivity contribution in [3.05, 3.63) is 46.7 Å². The minimum absolute atomic E-state index is 0.334. The van der Waals surface area contributed by atoms with Gasteiger partial charge in [0.05, 0.1) is 11.3 Å². The second-order valence-electron chi connectivity index (χ2n) is 6.58. The molecule has 2 aromatic heterocycles. The first-order valence-electron chi connectivity index (χ1n) is 8.47. The van der Waals surface area contributed by atoms with Crippen LogP contribution in [-0.4, -0.2) is 59.2 Å². The van der Waals surface area contributed by atoms with Crippen molar-refractivity contribution in [2.75, 3.05) is 38.1 Å². The molecule has 1 aromatic carbocycles. The highest BCUT2D eigenvalue weighted by Gasteiger charge is 2.20. The van der Waals surface area contributed by atoms with Crippen LogP contribution in [0.2, 0.25) is 0 Å². The van der Waals surface area contributed by atoms with Crippen LogP contribution < -0.4 is 4.90 Å². The Labute approximate surface area is 159 Å². The number of pyridine rings is 1. The molecule has 3 aromatic rings. The lowest BCUT2D eigenvalue weighted by Gasteiger charge is -2.34. The van der Waals surface area contributed by atoms with Gasteiger partial charge in [-0.25, -0.2) is 9.78 Å². The van der Waals surface area contributed by atoms with Crippen molar-refractivity contribution in [3.8, 4) is 11.1 Å². The molecule has 0 radical (unpaired) electrons. The van der Waals surface area contributed by atoms with E-state index in [1.807, 2.05) is 24.4 Å². The topological polar surface area (TPSA) is 72.5 Å². The first-order valence-corrected chi connectivity index (χ1v) is 9.26. The Bertz CT molecular complexity index is 977. The summed E-state index contributed by atoms with van der Waals surface area (Å²) in [5.41, 5.74) is 3.66. The summed E-state index contributed by atoms with van der Waals surface area (Å²) in [5, 5.41) is 10.7. The van der Waals surface area contributed by atoms with Gasteiger partial charge in [0.15, 0.2) is 0 Å². The summed E-state index contributed by atoms with van der Waals surface area (Å²) in [6.07, 6.45) is 3.61. The summed E-state index contributed by atoms with van der Waals surface area (Å²) in [7, 11) is 2.08. The van der Waals surface area contributed by atoms with E-state index >= 15 is 0 Å². The van der Waals surface area contributed by atoms with Gasteiger partial charge in [-0.15, -0.1) is 0 Å². The highest BCUT2D eigenvalue weighted by Crippen LogP contribution is 2.31. The molecular formula is C19H19BrN4O2. The van der Waals surface area contributed by atoms with Crippen molar-refractivity contribution in [2.24, 2.45) is 0 Å². The minimum Gasteiger partial charge on any atom is -0.478 e. The summed E-state index contributed by atoms with van der Waals surface area (Å²) in [6.45, 7) is 3.53. The van der Waals surface area contributed by atoms with Crippen LogP contribution in [0.1, 0.15) is 10.4 Å². The minimum atomic E-state index is -0.905. The Morgan fingerprint density at radius 2 is 1.96 bits per heavy atom. The number of carbonyl (C=O) groups is 1. The van der Waals surface area contributed by atoms with Crippen LogP contribution in [0.15, 0.2) is 41.1 Å². The molecule has 0 aliphatic carbocycles. The molecule has 3 heterocycles. The van der Waals surface area contributed by atoms with Crippen molar-refractivity contribution < 1.29 is 9.90 Å². The number of piperazine rings is 1. The molecular weight excluding hydrogens is 396 g/mol. The molecule has 0 unspecified atom stereocenters. The van der Waals surface area contributed by atoms with Crippen molar-refractivity contribution in [2.45, 2.75) is 0 Å². The van der Waals surface area contributed by atoms with Crippen LogP contribution in [0.4, 0.5) is 5.69 Å². The molecule has 7 heteroatoms. The number of nitrogens with zero attached hydrogens (tertiary/aromatic N) is 3. The number of halogens is 1. The normalized spacial score (nSPS) is 15.5. The Balaban J connectivity index is 1.74. The molecule has 0 atom stereocenters. The third kappa shape index (κ3) is 3.08. The molecule has 134 valence electrons. The zero-order valence-electron chi connectivity index (χ0n) is 14.4. The number of rotatable bonds is 3. The van der Waals surface area contributed by atoms with Crippen molar-refractivity contribution in [1.82, 2.24) is 14.9 Å². The molecule has 4 rings (SSSR count). The number of nitrogens with one attached hydrogen (secondary N) is 1. The third-order valence-corrected chi connectivity index (χ3v) is 5.54. The number of H-pyrrole nitrogens is 1. The number of benzene rings is 1. The number of aromatic carboxylic acids is 1. The standard InChI is InChI=1S/C19H19BrN4O2/c1-23-4-6-24(7-5-23)17-3-2-12(8-15(17)19(25)26)13-9-14-16(20)11-22-18(14)21-10-13/h2-3,8-11H,4-7H2,1H3,(H,21,22)(H,25,26). The number of likely N-dealkylation sites (N-methyl/N-ethyl adjacent to an activating group) is 1. The Morgan fingerprint density at radius 3 is 2.69 bits per heavy atom. The fourth-order valence-electron chi connectivity index (χ4n) is 3.34. The predicted molar refractivity (Wildman–Crippen MR) is 106 cm³/mol. The van der Waals surface area contributed by atoms with E-state index in [9.17, 15) is 9.90 Å². The quantitative estimate of drug-likeness (QED) is 0.686. The predicted octanol–water partition coefficient (Wildman–Crippen LogP) is 3.44. The first-order chi connectivity index (χ1) is 12.5. The smallest absolute Gasteiger partial charge is 0.337 e. The van der Waals surface area contributed by atoms with Crippen LogP contribution in [0.5, 0.6) is 0 Å². The van der Waals surface area contributed by atoms with E-state index in [4.69, 9.17) is 0 Å². The monoisotopic (exact) mass is 414 g/mol. The molecule has 2 N–H and O–H groups in total. The Hall–Kier alpha value is -2.38. The molecule has 6 nitrogen and oxygen atoms in total. The highest BCUT2D eigenvalue weighted by atomic mass is 79.9. The van der Waals surface area contributed by atoms with Gasteiger partial charge in [-0.3, -0.25) is 0 Å². The number of hydrogen-bond donors (Lipinski definition) is 2. The fraction of sp³-hybridized carbons (Fsp3) is 0.263. The summed E-state index contributed by atoms with van der Waals surface area (Å²) >= 11 is 3.50. The molecule has 0 bridgehead atoms. The molecule has 0 amide bonds. The van der Waals surface area contributed by atoms with E-state index in [1.54, 1.807) is 12.3 Å². The largest absolute Gasteiger partial charge is 0.478 e. The number of carboxylic acids is 1. The second-order valence-corrected chi connectivity index (χ2v) is 7.44. The summed E-state index contributed by atoms with van der Waals surface area (Å²) < 4.78 is 0.939. The SMILES string of the molecule is CN1CCN(c2ccc(-c3cnc4[nH]cc(Br)c4c3)cc2C(=O)O)CC1. The lowest BCUT2D eigenvalue weighted by atomic mass is 10.0. The van der Waals surface area contributed by atoms with Crippen molar-refractivity contribution >= 4 is 38.6 Å². The summed E-state index contributed by atoms with van der Waals surface area (Å²) in [5.74, 6) is -0.905. The number of aromatic amines is 1. The maximum Gasteiger partial charge on any atom is 0.337 e. The Kier molecular flexibility index (Phi) is 4.42. The lowest BCUT2D eigenvalue weighted by molar-refractivity contribution is 0.0697. The summed E-state index contributed by atoms with van der Waals surface area (Å²) in [6, 6.07) is 7.66. The fourth-order valence-corrected chi connectivity index (χ4v) is 3.76. The number of aromatic nitrogens is 2. The third-order valence-electron chi connectivity index (χ3n) is 4.88. The Morgan fingerprint density at radius 1 is 1.19 bits per heavy atom. The molecule has 0 saturated carbocycles. The molecule has 1 aliphatic rings. The maximum absolute atomic E-state index is 11.9. The number of anilines is 1. The van der Waals surface area contributed by atoms with Gasteiger partial charge >= 0.3 is 5.97 Å². The van der Waals surface area contributed by atoms with E-state index in [-0.39, 0.29) is 0 Å². The van der Waals surface area contributed by atoms with Crippen molar-refractivity contribution in [1.29, 1.82) is 0 Å². The van der Waals surface area contributed by atoms with Crippen LogP contribution in [0.25, 0.3) is 22.2 Å². The van der Waals surface area contributed by atoms with Gasteiger partial charge in [0.2, 0.25) is 0 Å². The molecule has 0 spiro atoms. The average Bonchev–Trinajstić information content (AvgIpc) is 3.02. The van der Waals surface area contributed by atoms with Gasteiger partial charge in [0.1, 0.15) is 5.65 Å². The van der Waals surface area contributed by atoms with Gasteiger partial charge in [0.25, 0.3) is 0 Å². The molecule has 1 saturated heterocycles. The maximum atomic E-state index is 11.9. The first kappa shape index (κ1) is 17.1. The van der Waals surface area contributed by atoms with Crippen LogP contribution >= 0.6 is 15.9 Å². The van der Waals surface area contributed by atoms with Gasteiger partial charge in [-0.1, -0.05) is 6.07 Å². The van der Waals surface area contributed by atoms with Gasteiger partial charge < -0.3 is 19.9 Å². The lowest BCUT2D eigenvalue weighted by Crippen LogP contribution is -2.45. The van der Waals surface area contributed by atoms with E-state index in [2.05, 4.69) is 42.7 Å². The average molecular weight is 415 g/mol. The zero-order valence-corrected chi connectivity index (χ0v) is 16.0. The highest BCUT2D eigenvalue weighted by molar-refractivity contribution is 9.10. The van der Waals surface area contributed by atoms with E-state index in [0.717, 1.165) is 58.5 Å². The zero-order chi connectivity index (χ0) is 18.3. The molecule has 26 heavy (non-hydrogen) atoms. The number of fused-ring (bicyclic) bond motifs is 1. The van der Waals surface area contributed by atoms with Crippen molar-refractivity contribution in [3.63, 3.8) is 0 Å². The van der Waals surface area contributed by atoms with Crippen LogP contribution in [0.3, 0.4) is 0 Å². The molecule has 1 aliphatic heterocycles. The van der Waals surface area contributed by atoms with E-state index in [1.165, 1.54) is 0 Å². The van der Waals surface area contributed by atoms with Gasteiger partial charge in [0, 0.05) is 54.0 Å². The summed E-state index contributed by atoms with van der Waals surface area (Å²) in [4.78, 5) is 23.8. The van der Waals surface area contributed by atoms with Crippen LogP contribution in [0, 0.1) is 0 Å². The number of carboxylic acid groups (broad SMARTS) is 1. The molecule has 1 fully saturated rings.